The summed E-state index contributed by atoms with van der Waals surface area (Å²) in [5.41, 5.74) is 1.44. The first-order valence-electron chi connectivity index (χ1n) is 6.93. The summed E-state index contributed by atoms with van der Waals surface area (Å²) >= 11 is 1.90. The fourth-order valence-corrected chi connectivity index (χ4v) is 4.34. The zero-order chi connectivity index (χ0) is 13.8. The number of thiophene rings is 1. The number of nitrogens with one attached hydrogen (secondary N) is 1. The second-order valence-electron chi connectivity index (χ2n) is 5.45. The molecule has 0 amide bonds. The van der Waals surface area contributed by atoms with Gasteiger partial charge in [-0.1, -0.05) is 13.8 Å². The fourth-order valence-electron chi connectivity index (χ4n) is 2.21. The highest BCUT2D eigenvalue weighted by Gasteiger charge is 2.16. The summed E-state index contributed by atoms with van der Waals surface area (Å²) < 4.78 is 11.4. The van der Waals surface area contributed by atoms with E-state index in [0.29, 0.717) is 6.04 Å². The number of rotatable bonds is 5. The van der Waals surface area contributed by atoms with Gasteiger partial charge in [-0.15, -0.1) is 11.3 Å². The van der Waals surface area contributed by atoms with Crippen molar-refractivity contribution in [2.75, 3.05) is 24.6 Å². The summed E-state index contributed by atoms with van der Waals surface area (Å²) in [5.74, 6) is 1.68. The molecule has 0 spiro atoms. The quantitative estimate of drug-likeness (QED) is 0.904. The molecule has 1 aliphatic heterocycles. The van der Waals surface area contributed by atoms with Gasteiger partial charge in [0.15, 0.2) is 0 Å². The molecule has 0 atom stereocenters. The van der Waals surface area contributed by atoms with Crippen molar-refractivity contribution in [3.63, 3.8) is 0 Å². The van der Waals surface area contributed by atoms with Crippen LogP contribution in [0.25, 0.3) is 0 Å². The minimum atomic E-state index is -0.576. The maximum Gasteiger partial charge on any atom is 0.0363 e. The van der Waals surface area contributed by atoms with Gasteiger partial charge in [0.1, 0.15) is 0 Å². The van der Waals surface area contributed by atoms with E-state index in [-0.39, 0.29) is 0 Å². The molecule has 2 rings (SSSR count). The predicted molar refractivity (Wildman–Crippen MR) is 84.2 cm³/mol. The van der Waals surface area contributed by atoms with Crippen LogP contribution in [0.3, 0.4) is 0 Å². The van der Waals surface area contributed by atoms with Gasteiger partial charge in [0.25, 0.3) is 0 Å². The normalized spacial score (nSPS) is 18.3. The summed E-state index contributed by atoms with van der Waals surface area (Å²) in [4.78, 5) is 5.27. The van der Waals surface area contributed by atoms with Crippen LogP contribution in [0.5, 0.6) is 0 Å². The SMILES string of the molecule is Cc1sc(CNC(C)C)cc1CN1CCS(=O)CC1. The molecule has 5 heteroatoms. The highest BCUT2D eigenvalue weighted by atomic mass is 32.2. The Hall–Kier alpha value is -0.230. The lowest BCUT2D eigenvalue weighted by Gasteiger charge is -2.25. The lowest BCUT2D eigenvalue weighted by molar-refractivity contribution is 0.291. The first-order valence-corrected chi connectivity index (χ1v) is 9.24. The van der Waals surface area contributed by atoms with Gasteiger partial charge in [-0.2, -0.15) is 0 Å². The van der Waals surface area contributed by atoms with E-state index < -0.39 is 10.8 Å². The van der Waals surface area contributed by atoms with Gasteiger partial charge < -0.3 is 5.32 Å². The number of aryl methyl sites for hydroxylation is 1. The minimum absolute atomic E-state index is 0.530. The molecule has 19 heavy (non-hydrogen) atoms. The molecule has 0 unspecified atom stereocenters. The Bertz CT molecular complexity index is 433. The molecule has 0 aromatic carbocycles. The highest BCUT2D eigenvalue weighted by molar-refractivity contribution is 7.85. The van der Waals surface area contributed by atoms with Gasteiger partial charge >= 0.3 is 0 Å². The van der Waals surface area contributed by atoms with Gasteiger partial charge in [-0.3, -0.25) is 9.11 Å². The Balaban J connectivity index is 1.91. The third-order valence-corrected chi connectivity index (χ3v) is 5.79. The maximum absolute atomic E-state index is 11.4. The molecule has 0 aliphatic carbocycles. The third kappa shape index (κ3) is 4.67. The molecular weight excluding hydrogens is 276 g/mol. The van der Waals surface area contributed by atoms with Crippen molar-refractivity contribution in [1.29, 1.82) is 0 Å². The van der Waals surface area contributed by atoms with E-state index in [0.717, 1.165) is 37.7 Å². The van der Waals surface area contributed by atoms with Gasteiger partial charge in [0, 0.05) is 64.3 Å². The molecule has 108 valence electrons. The van der Waals surface area contributed by atoms with Crippen LogP contribution < -0.4 is 5.32 Å². The lowest BCUT2D eigenvalue weighted by Crippen LogP contribution is -2.37. The van der Waals surface area contributed by atoms with Crippen molar-refractivity contribution in [3.8, 4) is 0 Å². The van der Waals surface area contributed by atoms with Crippen LogP contribution in [0.4, 0.5) is 0 Å². The Morgan fingerprint density at radius 1 is 1.42 bits per heavy atom. The molecule has 1 N–H and O–H groups in total. The van der Waals surface area contributed by atoms with Crippen LogP contribution in [-0.4, -0.2) is 39.7 Å². The van der Waals surface area contributed by atoms with E-state index in [9.17, 15) is 4.21 Å². The van der Waals surface area contributed by atoms with E-state index in [4.69, 9.17) is 0 Å². The largest absolute Gasteiger partial charge is 0.310 e. The first-order chi connectivity index (χ1) is 9.04. The number of hydrogen-bond acceptors (Lipinski definition) is 4. The molecule has 1 aromatic rings. The Morgan fingerprint density at radius 3 is 2.74 bits per heavy atom. The van der Waals surface area contributed by atoms with Gasteiger partial charge in [-0.25, -0.2) is 0 Å². The topological polar surface area (TPSA) is 32.3 Å². The zero-order valence-corrected chi connectivity index (χ0v) is 13.7. The Kier molecular flexibility index (Phi) is 5.57. The van der Waals surface area contributed by atoms with Crippen LogP contribution in [0.2, 0.25) is 0 Å². The summed E-state index contributed by atoms with van der Waals surface area (Å²) in [5, 5.41) is 3.47. The predicted octanol–water partition coefficient (Wildman–Crippen LogP) is 2.12. The van der Waals surface area contributed by atoms with Crippen LogP contribution in [0.1, 0.15) is 29.2 Å². The van der Waals surface area contributed by atoms with Crippen LogP contribution in [-0.2, 0) is 23.9 Å². The molecule has 0 saturated carbocycles. The standard InChI is InChI=1S/C14H24N2OS2/c1-11(2)15-9-14-8-13(12(3)18-14)10-16-4-6-19(17)7-5-16/h8,11,15H,4-7,9-10H2,1-3H3. The molecule has 3 nitrogen and oxygen atoms in total. The van der Waals surface area contributed by atoms with E-state index in [1.165, 1.54) is 15.3 Å². The van der Waals surface area contributed by atoms with Crippen molar-refractivity contribution in [1.82, 2.24) is 10.2 Å². The van der Waals surface area contributed by atoms with Gasteiger partial charge in [-0.05, 0) is 18.6 Å². The van der Waals surface area contributed by atoms with Crippen molar-refractivity contribution in [2.45, 2.75) is 39.9 Å². The van der Waals surface area contributed by atoms with Crippen molar-refractivity contribution in [3.05, 3.63) is 21.4 Å². The van der Waals surface area contributed by atoms with E-state index >= 15 is 0 Å². The molecule has 1 aromatic heterocycles. The van der Waals surface area contributed by atoms with Crippen molar-refractivity contribution in [2.24, 2.45) is 0 Å². The lowest BCUT2D eigenvalue weighted by atomic mass is 10.2. The number of hydrogen-bond donors (Lipinski definition) is 1. The Labute approximate surface area is 122 Å². The average molecular weight is 300 g/mol. The van der Waals surface area contributed by atoms with Gasteiger partial charge in [0.2, 0.25) is 0 Å². The van der Waals surface area contributed by atoms with Crippen LogP contribution in [0, 0.1) is 6.92 Å². The second kappa shape index (κ2) is 6.97. The van der Waals surface area contributed by atoms with E-state index in [1.54, 1.807) is 0 Å². The van der Waals surface area contributed by atoms with Gasteiger partial charge in [0.05, 0.1) is 0 Å². The molecule has 2 heterocycles. The third-order valence-electron chi connectivity index (χ3n) is 3.42. The molecule has 1 aliphatic rings. The summed E-state index contributed by atoms with van der Waals surface area (Å²) in [6.07, 6.45) is 0. The summed E-state index contributed by atoms with van der Waals surface area (Å²) in [7, 11) is -0.576. The highest BCUT2D eigenvalue weighted by Crippen LogP contribution is 2.23. The summed E-state index contributed by atoms with van der Waals surface area (Å²) in [6.45, 7) is 10.5. The molecule has 0 bridgehead atoms. The maximum atomic E-state index is 11.4. The molecule has 1 fully saturated rings. The number of nitrogens with zero attached hydrogens (tertiary/aromatic N) is 1. The average Bonchev–Trinajstić information content (AvgIpc) is 2.71. The van der Waals surface area contributed by atoms with Crippen molar-refractivity contribution < 1.29 is 4.21 Å². The van der Waals surface area contributed by atoms with Crippen molar-refractivity contribution >= 4 is 22.1 Å². The minimum Gasteiger partial charge on any atom is -0.310 e. The smallest absolute Gasteiger partial charge is 0.0363 e. The molecule has 1 saturated heterocycles. The second-order valence-corrected chi connectivity index (χ2v) is 8.49. The fraction of sp³-hybridized carbons (Fsp3) is 0.714. The molecular formula is C14H24N2OS2. The Morgan fingerprint density at radius 2 is 2.11 bits per heavy atom. The van der Waals surface area contributed by atoms with E-state index in [2.05, 4.69) is 37.1 Å². The first kappa shape index (κ1) is 15.2. The summed E-state index contributed by atoms with van der Waals surface area (Å²) in [6, 6.07) is 2.86. The monoisotopic (exact) mass is 300 g/mol. The van der Waals surface area contributed by atoms with Crippen LogP contribution in [0.15, 0.2) is 6.07 Å². The van der Waals surface area contributed by atoms with Crippen LogP contribution >= 0.6 is 11.3 Å². The zero-order valence-electron chi connectivity index (χ0n) is 12.1. The molecule has 0 radical (unpaired) electrons. The van der Waals surface area contributed by atoms with E-state index in [1.807, 2.05) is 11.3 Å².